The first-order chi connectivity index (χ1) is 8.36. The minimum absolute atomic E-state index is 0.544. The molecular formula is C14H20N2O. The third kappa shape index (κ3) is 2.44. The van der Waals surface area contributed by atoms with Crippen molar-refractivity contribution in [3.8, 4) is 5.75 Å². The van der Waals surface area contributed by atoms with Gasteiger partial charge in [-0.15, -0.1) is 0 Å². The number of aromatic nitrogens is 1. The number of nitrogens with one attached hydrogen (secondary N) is 1. The number of ether oxygens (including phenoxy) is 1. The second-order valence-corrected chi connectivity index (χ2v) is 5.22. The van der Waals surface area contributed by atoms with Crippen LogP contribution < -0.4 is 10.1 Å². The molecule has 1 aromatic heterocycles. The summed E-state index contributed by atoms with van der Waals surface area (Å²) in [6.07, 6.45) is 7.65. The standard InChI is InChI=1S/C14H20N2O/c1-2-10-6-14(10)11-5-13(8-15-7-11)17-9-12-3-4-16-12/h5,7-8,10,12,14,16H,2-4,6,9H2,1H3/t10-,12+,14-/m1/s1. The molecule has 1 saturated heterocycles. The van der Waals surface area contributed by atoms with Gasteiger partial charge in [0.15, 0.2) is 0 Å². The van der Waals surface area contributed by atoms with Gasteiger partial charge in [0, 0.05) is 12.2 Å². The van der Waals surface area contributed by atoms with Gasteiger partial charge in [0.1, 0.15) is 12.4 Å². The van der Waals surface area contributed by atoms with E-state index in [0.717, 1.165) is 30.7 Å². The summed E-state index contributed by atoms with van der Waals surface area (Å²) >= 11 is 0. The zero-order chi connectivity index (χ0) is 11.7. The predicted molar refractivity (Wildman–Crippen MR) is 67.3 cm³/mol. The molecule has 3 nitrogen and oxygen atoms in total. The molecule has 3 rings (SSSR count). The largest absolute Gasteiger partial charge is 0.490 e. The van der Waals surface area contributed by atoms with Gasteiger partial charge < -0.3 is 10.1 Å². The summed E-state index contributed by atoms with van der Waals surface area (Å²) in [6.45, 7) is 4.17. The Morgan fingerprint density at radius 2 is 2.35 bits per heavy atom. The molecule has 0 unspecified atom stereocenters. The van der Waals surface area contributed by atoms with E-state index in [0.29, 0.717) is 6.04 Å². The summed E-state index contributed by atoms with van der Waals surface area (Å²) in [5, 5.41) is 3.34. The fraction of sp³-hybridized carbons (Fsp3) is 0.643. The van der Waals surface area contributed by atoms with E-state index in [4.69, 9.17) is 4.74 Å². The molecule has 3 heteroatoms. The number of nitrogens with zero attached hydrogens (tertiary/aromatic N) is 1. The average molecular weight is 232 g/mol. The fourth-order valence-corrected chi connectivity index (χ4v) is 2.51. The summed E-state index contributed by atoms with van der Waals surface area (Å²) in [7, 11) is 0. The van der Waals surface area contributed by atoms with Crippen LogP contribution in [0.2, 0.25) is 0 Å². The van der Waals surface area contributed by atoms with Gasteiger partial charge in [-0.25, -0.2) is 0 Å². The molecule has 1 aliphatic heterocycles. The van der Waals surface area contributed by atoms with Gasteiger partial charge in [-0.1, -0.05) is 13.3 Å². The van der Waals surface area contributed by atoms with E-state index in [1.807, 2.05) is 12.4 Å². The van der Waals surface area contributed by atoms with E-state index in [1.165, 1.54) is 24.8 Å². The Morgan fingerprint density at radius 3 is 3.00 bits per heavy atom. The molecular weight excluding hydrogens is 212 g/mol. The highest BCUT2D eigenvalue weighted by Gasteiger charge is 2.36. The van der Waals surface area contributed by atoms with Crippen molar-refractivity contribution in [3.63, 3.8) is 0 Å². The topological polar surface area (TPSA) is 34.1 Å². The van der Waals surface area contributed by atoms with Crippen LogP contribution in [0, 0.1) is 5.92 Å². The number of rotatable bonds is 5. The Balaban J connectivity index is 1.58. The molecule has 3 atom stereocenters. The molecule has 0 bridgehead atoms. The third-order valence-corrected chi connectivity index (χ3v) is 3.99. The van der Waals surface area contributed by atoms with E-state index < -0.39 is 0 Å². The Bertz CT molecular complexity index is 390. The summed E-state index contributed by atoms with van der Waals surface area (Å²) < 4.78 is 5.77. The average Bonchev–Trinajstić information content (AvgIpc) is 3.07. The van der Waals surface area contributed by atoms with E-state index in [1.54, 1.807) is 0 Å². The monoisotopic (exact) mass is 232 g/mol. The van der Waals surface area contributed by atoms with E-state index >= 15 is 0 Å². The van der Waals surface area contributed by atoms with Gasteiger partial charge in [-0.2, -0.15) is 0 Å². The molecule has 1 saturated carbocycles. The van der Waals surface area contributed by atoms with Crippen molar-refractivity contribution in [2.75, 3.05) is 13.2 Å². The predicted octanol–water partition coefficient (Wildman–Crippen LogP) is 2.34. The van der Waals surface area contributed by atoms with Crippen molar-refractivity contribution >= 4 is 0 Å². The van der Waals surface area contributed by atoms with Gasteiger partial charge in [-0.3, -0.25) is 4.98 Å². The highest BCUT2D eigenvalue weighted by atomic mass is 16.5. The van der Waals surface area contributed by atoms with Crippen molar-refractivity contribution in [3.05, 3.63) is 24.0 Å². The highest BCUT2D eigenvalue weighted by molar-refractivity contribution is 5.30. The number of hydrogen-bond donors (Lipinski definition) is 1. The lowest BCUT2D eigenvalue weighted by atomic mass is 10.1. The minimum Gasteiger partial charge on any atom is -0.490 e. The summed E-state index contributed by atoms with van der Waals surface area (Å²) in [5.41, 5.74) is 1.36. The molecule has 17 heavy (non-hydrogen) atoms. The van der Waals surface area contributed by atoms with Crippen LogP contribution >= 0.6 is 0 Å². The molecule has 2 fully saturated rings. The Kier molecular flexibility index (Phi) is 3.02. The van der Waals surface area contributed by atoms with Gasteiger partial charge in [0.05, 0.1) is 6.20 Å². The molecule has 1 aliphatic carbocycles. The number of hydrogen-bond acceptors (Lipinski definition) is 3. The first-order valence-electron chi connectivity index (χ1n) is 6.68. The first-order valence-corrected chi connectivity index (χ1v) is 6.68. The molecule has 2 heterocycles. The molecule has 92 valence electrons. The highest BCUT2D eigenvalue weighted by Crippen LogP contribution is 2.49. The zero-order valence-corrected chi connectivity index (χ0v) is 10.4. The van der Waals surface area contributed by atoms with Crippen LogP contribution in [0.5, 0.6) is 5.75 Å². The number of pyridine rings is 1. The molecule has 1 aromatic rings. The van der Waals surface area contributed by atoms with Gasteiger partial charge in [-0.05, 0) is 42.9 Å². The van der Waals surface area contributed by atoms with Crippen molar-refractivity contribution in [1.82, 2.24) is 10.3 Å². The fourth-order valence-electron chi connectivity index (χ4n) is 2.51. The lowest BCUT2D eigenvalue weighted by Gasteiger charge is -2.27. The molecule has 1 N–H and O–H groups in total. The molecule has 0 amide bonds. The van der Waals surface area contributed by atoms with Crippen LogP contribution in [-0.2, 0) is 0 Å². The van der Waals surface area contributed by atoms with Crippen LogP contribution in [0.1, 0.15) is 37.7 Å². The van der Waals surface area contributed by atoms with Crippen LogP contribution in [0.25, 0.3) is 0 Å². The van der Waals surface area contributed by atoms with Crippen molar-refractivity contribution in [1.29, 1.82) is 0 Å². The van der Waals surface area contributed by atoms with Gasteiger partial charge in [0.25, 0.3) is 0 Å². The third-order valence-electron chi connectivity index (χ3n) is 3.99. The second kappa shape index (κ2) is 4.65. The summed E-state index contributed by atoms with van der Waals surface area (Å²) in [6, 6.07) is 2.72. The van der Waals surface area contributed by atoms with Crippen LogP contribution in [0.3, 0.4) is 0 Å². The lowest BCUT2D eigenvalue weighted by Crippen LogP contribution is -2.46. The Labute approximate surface area is 103 Å². The molecule has 0 spiro atoms. The van der Waals surface area contributed by atoms with Crippen LogP contribution in [0.15, 0.2) is 18.5 Å². The van der Waals surface area contributed by atoms with E-state index in [2.05, 4.69) is 23.3 Å². The molecule has 0 radical (unpaired) electrons. The minimum atomic E-state index is 0.544. The summed E-state index contributed by atoms with van der Waals surface area (Å²) in [4.78, 5) is 4.29. The van der Waals surface area contributed by atoms with Gasteiger partial charge in [0.2, 0.25) is 0 Å². The maximum Gasteiger partial charge on any atom is 0.137 e. The second-order valence-electron chi connectivity index (χ2n) is 5.22. The van der Waals surface area contributed by atoms with E-state index in [-0.39, 0.29) is 0 Å². The molecule has 0 aromatic carbocycles. The van der Waals surface area contributed by atoms with Crippen LogP contribution in [0.4, 0.5) is 0 Å². The Hall–Kier alpha value is -1.09. The molecule has 2 aliphatic rings. The summed E-state index contributed by atoms with van der Waals surface area (Å²) in [5.74, 6) is 2.54. The van der Waals surface area contributed by atoms with Crippen LogP contribution in [-0.4, -0.2) is 24.2 Å². The Morgan fingerprint density at radius 1 is 1.47 bits per heavy atom. The lowest BCUT2D eigenvalue weighted by molar-refractivity contribution is 0.217. The van der Waals surface area contributed by atoms with Crippen molar-refractivity contribution in [2.45, 2.75) is 38.1 Å². The normalized spacial score (nSPS) is 30.8. The van der Waals surface area contributed by atoms with Crippen molar-refractivity contribution < 1.29 is 4.74 Å². The van der Waals surface area contributed by atoms with Crippen molar-refractivity contribution in [2.24, 2.45) is 5.92 Å². The smallest absolute Gasteiger partial charge is 0.137 e. The maximum atomic E-state index is 5.77. The zero-order valence-electron chi connectivity index (χ0n) is 10.4. The van der Waals surface area contributed by atoms with Gasteiger partial charge >= 0.3 is 0 Å². The quantitative estimate of drug-likeness (QED) is 0.846. The maximum absolute atomic E-state index is 5.77. The van der Waals surface area contributed by atoms with E-state index in [9.17, 15) is 0 Å². The first kappa shape index (κ1) is 11.0. The SMILES string of the molecule is CC[C@@H]1C[C@H]1c1cncc(OC[C@@H]2CCN2)c1.